The highest BCUT2D eigenvalue weighted by molar-refractivity contribution is 7.90. The van der Waals surface area contributed by atoms with Crippen molar-refractivity contribution in [3.8, 4) is 11.1 Å². The van der Waals surface area contributed by atoms with Gasteiger partial charge in [-0.3, -0.25) is 14.9 Å². The first-order valence-corrected chi connectivity index (χ1v) is 13.8. The van der Waals surface area contributed by atoms with Crippen LogP contribution in [0.3, 0.4) is 0 Å². The monoisotopic (exact) mass is 559 g/mol. The van der Waals surface area contributed by atoms with Gasteiger partial charge in [0.05, 0.1) is 21.9 Å². The van der Waals surface area contributed by atoms with E-state index in [1.807, 2.05) is 19.0 Å². The van der Waals surface area contributed by atoms with Crippen molar-refractivity contribution in [2.45, 2.75) is 30.9 Å². The van der Waals surface area contributed by atoms with Gasteiger partial charge in [0.1, 0.15) is 22.8 Å². The average Bonchev–Trinajstić information content (AvgIpc) is 3.29. The van der Waals surface area contributed by atoms with Gasteiger partial charge in [0, 0.05) is 28.8 Å². The Labute approximate surface area is 224 Å². The summed E-state index contributed by atoms with van der Waals surface area (Å²) in [4.78, 5) is 18.6. The predicted molar refractivity (Wildman–Crippen MR) is 142 cm³/mol. The Kier molecular flexibility index (Phi) is 8.07. The third-order valence-corrected chi connectivity index (χ3v) is 8.05. The molecule has 4 rings (SSSR count). The fraction of sp³-hybridized carbons (Fsp3) is 0.296. The molecule has 39 heavy (non-hydrogen) atoms. The van der Waals surface area contributed by atoms with Crippen LogP contribution in [0.1, 0.15) is 33.9 Å². The number of halogens is 3. The molecule has 2 N–H and O–H groups in total. The molecule has 2 aromatic carbocycles. The number of carbonyl (C=O) groups is 1. The van der Waals surface area contributed by atoms with E-state index in [9.17, 15) is 17.6 Å². The number of pyridine rings is 1. The molecule has 0 bridgehead atoms. The number of benzene rings is 2. The zero-order valence-corrected chi connectivity index (χ0v) is 22.7. The first kappa shape index (κ1) is 28.2. The maximum Gasteiger partial charge on any atom is 0.269 e. The molecule has 0 spiro atoms. The molecule has 2 aromatic heterocycles. The minimum absolute atomic E-state index is 0.0168. The van der Waals surface area contributed by atoms with Crippen molar-refractivity contribution in [3.63, 3.8) is 0 Å². The van der Waals surface area contributed by atoms with E-state index >= 15 is 8.78 Å². The molecule has 4 aromatic rings. The molecule has 0 aliphatic heterocycles. The highest BCUT2D eigenvalue weighted by Gasteiger charge is 2.26. The van der Waals surface area contributed by atoms with Crippen LogP contribution in [0.5, 0.6) is 0 Å². The summed E-state index contributed by atoms with van der Waals surface area (Å²) in [6, 6.07) is 7.31. The third-order valence-electron chi connectivity index (χ3n) is 6.26. The van der Waals surface area contributed by atoms with Crippen LogP contribution in [0, 0.1) is 31.3 Å². The molecule has 2 heterocycles. The van der Waals surface area contributed by atoms with Crippen molar-refractivity contribution < 1.29 is 26.4 Å². The van der Waals surface area contributed by atoms with E-state index in [-0.39, 0.29) is 32.7 Å². The number of aromatic amines is 1. The van der Waals surface area contributed by atoms with Gasteiger partial charge in [0.15, 0.2) is 15.7 Å². The van der Waals surface area contributed by atoms with E-state index in [0.29, 0.717) is 18.7 Å². The molecule has 206 valence electrons. The van der Waals surface area contributed by atoms with Gasteiger partial charge in [0.25, 0.3) is 5.91 Å². The first-order chi connectivity index (χ1) is 18.4. The molecular formula is C27H28F3N5O3S. The minimum Gasteiger partial charge on any atom is -0.351 e. The van der Waals surface area contributed by atoms with Gasteiger partial charge in [-0.15, -0.1) is 0 Å². The number of aromatic nitrogens is 3. The van der Waals surface area contributed by atoms with Crippen LogP contribution in [0.25, 0.3) is 22.0 Å². The highest BCUT2D eigenvalue weighted by Crippen LogP contribution is 2.35. The number of rotatable bonds is 9. The standard InChI is InChI=1S/C27H28F3N5O3S/c1-15-6-11-21(16(2)32-15)39(37,38)14-17-7-10-20(28)22(23(17)29)18-8-9-19-25(24(18)30)33-34-26(19)27(36)31-12-5-13-35(3)4/h6-11H,5,12-14H2,1-4H3,(H,31,36)(H,33,34). The van der Waals surface area contributed by atoms with Gasteiger partial charge >= 0.3 is 0 Å². The van der Waals surface area contributed by atoms with Crippen LogP contribution in [-0.4, -0.2) is 61.6 Å². The van der Waals surface area contributed by atoms with E-state index in [4.69, 9.17) is 0 Å². The lowest BCUT2D eigenvalue weighted by atomic mass is 9.99. The predicted octanol–water partition coefficient (Wildman–Crippen LogP) is 4.31. The molecule has 0 aliphatic carbocycles. The molecule has 0 saturated heterocycles. The summed E-state index contributed by atoms with van der Waals surface area (Å²) in [7, 11) is -0.224. The Balaban J connectivity index is 1.67. The smallest absolute Gasteiger partial charge is 0.269 e. The Morgan fingerprint density at radius 1 is 1.03 bits per heavy atom. The number of H-pyrrole nitrogens is 1. The van der Waals surface area contributed by atoms with Gasteiger partial charge < -0.3 is 10.2 Å². The number of nitrogens with zero attached hydrogens (tertiary/aromatic N) is 3. The minimum atomic E-state index is -4.04. The third kappa shape index (κ3) is 5.81. The largest absolute Gasteiger partial charge is 0.351 e. The van der Waals surface area contributed by atoms with Crippen molar-refractivity contribution in [1.29, 1.82) is 0 Å². The van der Waals surface area contributed by atoms with Crippen LogP contribution < -0.4 is 5.32 Å². The number of carbonyl (C=O) groups excluding carboxylic acids is 1. The number of sulfone groups is 1. The SMILES string of the molecule is Cc1ccc(S(=O)(=O)Cc2ccc(F)c(-c3ccc4c(C(=O)NCCCN(C)C)[nH]nc4c3F)c2F)c(C)n1. The Morgan fingerprint density at radius 2 is 1.77 bits per heavy atom. The van der Waals surface area contributed by atoms with Crippen molar-refractivity contribution in [1.82, 2.24) is 25.4 Å². The first-order valence-electron chi connectivity index (χ1n) is 12.1. The summed E-state index contributed by atoms with van der Waals surface area (Å²) < 4.78 is 72.0. The lowest BCUT2D eigenvalue weighted by Crippen LogP contribution is -2.27. The average molecular weight is 560 g/mol. The van der Waals surface area contributed by atoms with Crippen LogP contribution >= 0.6 is 0 Å². The Morgan fingerprint density at radius 3 is 2.46 bits per heavy atom. The van der Waals surface area contributed by atoms with Crippen LogP contribution in [0.2, 0.25) is 0 Å². The number of fused-ring (bicyclic) bond motifs is 1. The molecule has 0 fully saturated rings. The Bertz CT molecular complexity index is 1670. The van der Waals surface area contributed by atoms with Crippen molar-refractivity contribution in [2.75, 3.05) is 27.2 Å². The Hall–Kier alpha value is -3.77. The number of aryl methyl sites for hydroxylation is 2. The summed E-state index contributed by atoms with van der Waals surface area (Å²) >= 11 is 0. The quantitative estimate of drug-likeness (QED) is 0.296. The highest BCUT2D eigenvalue weighted by atomic mass is 32.2. The van der Waals surface area contributed by atoms with E-state index in [0.717, 1.165) is 24.7 Å². The molecule has 8 nitrogen and oxygen atoms in total. The lowest BCUT2D eigenvalue weighted by Gasteiger charge is -2.13. The van der Waals surface area contributed by atoms with Crippen LogP contribution in [-0.2, 0) is 15.6 Å². The van der Waals surface area contributed by atoms with E-state index in [1.54, 1.807) is 6.92 Å². The molecule has 0 aliphatic rings. The zero-order valence-electron chi connectivity index (χ0n) is 21.9. The van der Waals surface area contributed by atoms with Crippen LogP contribution in [0.15, 0.2) is 41.3 Å². The summed E-state index contributed by atoms with van der Waals surface area (Å²) in [5.74, 6) is -4.60. The van der Waals surface area contributed by atoms with E-state index < -0.39 is 50.1 Å². The molecule has 1 amide bonds. The fourth-order valence-corrected chi connectivity index (χ4v) is 5.90. The summed E-state index contributed by atoms with van der Waals surface area (Å²) in [6.07, 6.45) is 0.702. The van der Waals surface area contributed by atoms with Gasteiger partial charge in [-0.1, -0.05) is 12.1 Å². The topological polar surface area (TPSA) is 108 Å². The van der Waals surface area contributed by atoms with E-state index in [2.05, 4.69) is 20.5 Å². The molecule has 0 atom stereocenters. The van der Waals surface area contributed by atoms with E-state index in [1.165, 1.54) is 25.1 Å². The zero-order chi connectivity index (χ0) is 28.5. The van der Waals surface area contributed by atoms with Gasteiger partial charge in [-0.25, -0.2) is 21.6 Å². The van der Waals surface area contributed by atoms with Gasteiger partial charge in [0.2, 0.25) is 0 Å². The molecule has 0 radical (unpaired) electrons. The van der Waals surface area contributed by atoms with Crippen molar-refractivity contribution >= 4 is 26.6 Å². The van der Waals surface area contributed by atoms with Gasteiger partial charge in [-0.05, 0) is 65.2 Å². The van der Waals surface area contributed by atoms with Crippen molar-refractivity contribution in [2.24, 2.45) is 0 Å². The number of hydrogen-bond acceptors (Lipinski definition) is 6. The number of amides is 1. The summed E-state index contributed by atoms with van der Waals surface area (Å²) in [5.41, 5.74) is -0.882. The molecule has 12 heteroatoms. The molecule has 0 saturated carbocycles. The normalized spacial score (nSPS) is 11.9. The lowest BCUT2D eigenvalue weighted by molar-refractivity contribution is 0.0949. The summed E-state index contributed by atoms with van der Waals surface area (Å²) in [6.45, 7) is 4.39. The maximum atomic E-state index is 15.6. The fourth-order valence-electron chi connectivity index (χ4n) is 4.34. The van der Waals surface area contributed by atoms with Crippen LogP contribution in [0.4, 0.5) is 13.2 Å². The second-order valence-electron chi connectivity index (χ2n) is 9.53. The van der Waals surface area contributed by atoms with Crippen molar-refractivity contribution in [3.05, 3.63) is 76.5 Å². The van der Waals surface area contributed by atoms with Gasteiger partial charge in [-0.2, -0.15) is 5.10 Å². The second-order valence-corrected chi connectivity index (χ2v) is 11.5. The molecule has 0 unspecified atom stereocenters. The summed E-state index contributed by atoms with van der Waals surface area (Å²) in [5, 5.41) is 9.23. The second kappa shape index (κ2) is 11.1. The number of hydrogen-bond donors (Lipinski definition) is 2. The maximum absolute atomic E-state index is 15.6. The number of nitrogens with one attached hydrogen (secondary N) is 2. The molecular weight excluding hydrogens is 531 g/mol.